The molecular formula is C22H17ClN4O2. The Hall–Kier alpha value is -3.64. The molecule has 0 saturated carbocycles. The Morgan fingerprint density at radius 3 is 2.52 bits per heavy atom. The molecule has 3 aromatic carbocycles. The van der Waals surface area contributed by atoms with E-state index in [9.17, 15) is 9.59 Å². The highest BCUT2D eigenvalue weighted by molar-refractivity contribution is 6.30. The van der Waals surface area contributed by atoms with Crippen LogP contribution >= 0.6 is 11.6 Å². The molecule has 1 atom stereocenters. The summed E-state index contributed by atoms with van der Waals surface area (Å²) < 4.78 is 0. The van der Waals surface area contributed by atoms with E-state index in [1.54, 1.807) is 30.3 Å². The molecule has 0 aliphatic carbocycles. The number of para-hydroxylation sites is 1. The lowest BCUT2D eigenvalue weighted by molar-refractivity contribution is -0.117. The van der Waals surface area contributed by atoms with E-state index >= 15 is 0 Å². The molecule has 0 spiro atoms. The number of rotatable bonds is 3. The highest BCUT2D eigenvalue weighted by Crippen LogP contribution is 2.23. The van der Waals surface area contributed by atoms with Gasteiger partial charge in [0.2, 0.25) is 6.17 Å². The Kier molecular flexibility index (Phi) is 5.27. The average Bonchev–Trinajstić information content (AvgIpc) is 2.85. The van der Waals surface area contributed by atoms with Crippen molar-refractivity contribution in [3.05, 3.63) is 95.0 Å². The summed E-state index contributed by atoms with van der Waals surface area (Å²) in [5, 5.41) is 8.61. The third-order valence-electron chi connectivity index (χ3n) is 4.34. The van der Waals surface area contributed by atoms with E-state index in [2.05, 4.69) is 20.9 Å². The summed E-state index contributed by atoms with van der Waals surface area (Å²) in [5.41, 5.74) is 3.40. The van der Waals surface area contributed by atoms with E-state index in [4.69, 9.17) is 11.6 Å². The number of fused-ring (bicyclic) bond motifs is 1. The van der Waals surface area contributed by atoms with Crippen molar-refractivity contribution in [1.82, 2.24) is 5.32 Å². The first kappa shape index (κ1) is 18.7. The second-order valence-corrected chi connectivity index (χ2v) is 6.83. The van der Waals surface area contributed by atoms with Gasteiger partial charge in [-0.3, -0.25) is 4.79 Å². The van der Waals surface area contributed by atoms with Crippen molar-refractivity contribution in [1.29, 1.82) is 0 Å². The van der Waals surface area contributed by atoms with Crippen LogP contribution in [0.4, 0.5) is 16.2 Å². The largest absolute Gasteiger partial charge is 0.322 e. The van der Waals surface area contributed by atoms with Crippen LogP contribution in [0.2, 0.25) is 5.02 Å². The third-order valence-corrected chi connectivity index (χ3v) is 4.58. The molecule has 1 aliphatic rings. The summed E-state index contributed by atoms with van der Waals surface area (Å²) in [7, 11) is 0. The zero-order chi connectivity index (χ0) is 20.2. The quantitative estimate of drug-likeness (QED) is 0.609. The Morgan fingerprint density at radius 2 is 1.72 bits per heavy atom. The molecule has 4 rings (SSSR count). The summed E-state index contributed by atoms with van der Waals surface area (Å²) >= 11 is 5.95. The number of carbonyl (C=O) groups is 2. The number of hydrogen-bond donors (Lipinski definition) is 3. The standard InChI is InChI=1S/C22H17ClN4O2/c23-15-9-6-10-16(13-15)24-22(29)27-20-21(28)25-18-12-5-4-11-17(18)19(26-20)14-7-2-1-3-8-14/h1-13,20H,(H,25,28)(H2,24,27,29). The van der Waals surface area contributed by atoms with Gasteiger partial charge in [0.15, 0.2) is 0 Å². The van der Waals surface area contributed by atoms with Gasteiger partial charge in [0.25, 0.3) is 5.91 Å². The van der Waals surface area contributed by atoms with Gasteiger partial charge < -0.3 is 16.0 Å². The van der Waals surface area contributed by atoms with Crippen molar-refractivity contribution in [3.63, 3.8) is 0 Å². The minimum absolute atomic E-state index is 0.426. The van der Waals surface area contributed by atoms with Crippen LogP contribution < -0.4 is 16.0 Å². The molecule has 1 unspecified atom stereocenters. The zero-order valence-electron chi connectivity index (χ0n) is 15.2. The predicted molar refractivity (Wildman–Crippen MR) is 115 cm³/mol. The van der Waals surface area contributed by atoms with E-state index in [0.29, 0.717) is 22.1 Å². The van der Waals surface area contributed by atoms with Crippen molar-refractivity contribution in [2.45, 2.75) is 6.17 Å². The van der Waals surface area contributed by atoms with E-state index in [1.165, 1.54) is 0 Å². The highest BCUT2D eigenvalue weighted by Gasteiger charge is 2.26. The first-order valence-corrected chi connectivity index (χ1v) is 9.34. The smallest absolute Gasteiger partial charge is 0.321 e. The van der Waals surface area contributed by atoms with E-state index in [-0.39, 0.29) is 0 Å². The van der Waals surface area contributed by atoms with Crippen molar-refractivity contribution in [2.24, 2.45) is 4.99 Å². The summed E-state index contributed by atoms with van der Waals surface area (Å²) in [4.78, 5) is 29.7. The molecule has 0 saturated heterocycles. The summed E-state index contributed by atoms with van der Waals surface area (Å²) in [6, 6.07) is 23.1. The summed E-state index contributed by atoms with van der Waals surface area (Å²) in [6.45, 7) is 0. The minimum Gasteiger partial charge on any atom is -0.322 e. The number of nitrogens with one attached hydrogen (secondary N) is 3. The number of amides is 3. The van der Waals surface area contributed by atoms with Gasteiger partial charge >= 0.3 is 6.03 Å². The van der Waals surface area contributed by atoms with Crippen LogP contribution in [0.25, 0.3) is 0 Å². The van der Waals surface area contributed by atoms with Crippen LogP contribution in [0.5, 0.6) is 0 Å². The normalized spacial score (nSPS) is 15.4. The van der Waals surface area contributed by atoms with Crippen molar-refractivity contribution in [3.8, 4) is 0 Å². The van der Waals surface area contributed by atoms with Gasteiger partial charge in [0.1, 0.15) is 0 Å². The van der Waals surface area contributed by atoms with Gasteiger partial charge in [-0.05, 0) is 24.3 Å². The molecule has 3 amide bonds. The van der Waals surface area contributed by atoms with Crippen molar-refractivity contribution >= 4 is 40.6 Å². The highest BCUT2D eigenvalue weighted by atomic mass is 35.5. The number of aliphatic imine (C=N–C) groups is 1. The molecule has 29 heavy (non-hydrogen) atoms. The van der Waals surface area contributed by atoms with Crippen LogP contribution in [0, 0.1) is 0 Å². The molecule has 3 N–H and O–H groups in total. The molecule has 0 radical (unpaired) electrons. The van der Waals surface area contributed by atoms with E-state index < -0.39 is 18.1 Å². The third kappa shape index (κ3) is 4.28. The van der Waals surface area contributed by atoms with Crippen LogP contribution in [-0.2, 0) is 4.79 Å². The van der Waals surface area contributed by atoms with Gasteiger partial charge in [-0.1, -0.05) is 66.2 Å². The summed E-state index contributed by atoms with van der Waals surface area (Å²) in [5.74, 6) is -0.426. The van der Waals surface area contributed by atoms with E-state index in [1.807, 2.05) is 48.5 Å². The molecule has 6 nitrogen and oxygen atoms in total. The van der Waals surface area contributed by atoms with Gasteiger partial charge in [0, 0.05) is 21.8 Å². The Balaban J connectivity index is 1.64. The number of nitrogens with zero attached hydrogens (tertiary/aromatic N) is 1. The van der Waals surface area contributed by atoms with Crippen molar-refractivity contribution in [2.75, 3.05) is 10.6 Å². The molecular weight excluding hydrogens is 388 g/mol. The van der Waals surface area contributed by atoms with Gasteiger partial charge in [-0.25, -0.2) is 9.79 Å². The molecule has 0 fully saturated rings. The first-order chi connectivity index (χ1) is 14.1. The molecule has 0 bridgehead atoms. The molecule has 7 heteroatoms. The number of hydrogen-bond acceptors (Lipinski definition) is 3. The topological polar surface area (TPSA) is 82.6 Å². The Bertz CT molecular complexity index is 1100. The maximum absolute atomic E-state index is 12.7. The number of anilines is 2. The fourth-order valence-corrected chi connectivity index (χ4v) is 3.23. The Morgan fingerprint density at radius 1 is 0.966 bits per heavy atom. The zero-order valence-corrected chi connectivity index (χ0v) is 16.0. The predicted octanol–water partition coefficient (Wildman–Crippen LogP) is 4.28. The average molecular weight is 405 g/mol. The monoisotopic (exact) mass is 404 g/mol. The second kappa shape index (κ2) is 8.16. The lowest BCUT2D eigenvalue weighted by Gasteiger charge is -2.14. The first-order valence-electron chi connectivity index (χ1n) is 8.97. The van der Waals surface area contributed by atoms with Crippen molar-refractivity contribution < 1.29 is 9.59 Å². The minimum atomic E-state index is -1.10. The molecule has 144 valence electrons. The number of benzene rings is 3. The Labute approximate surface area is 172 Å². The maximum atomic E-state index is 12.7. The van der Waals surface area contributed by atoms with Crippen LogP contribution in [-0.4, -0.2) is 23.8 Å². The fraction of sp³-hybridized carbons (Fsp3) is 0.0455. The van der Waals surface area contributed by atoms with Gasteiger partial charge in [-0.15, -0.1) is 0 Å². The number of carbonyl (C=O) groups excluding carboxylic acids is 2. The molecule has 1 aliphatic heterocycles. The molecule has 3 aromatic rings. The summed E-state index contributed by atoms with van der Waals surface area (Å²) in [6.07, 6.45) is -1.10. The maximum Gasteiger partial charge on any atom is 0.321 e. The molecule has 0 aromatic heterocycles. The SMILES string of the molecule is O=C(Nc1cccc(Cl)c1)NC1N=C(c2ccccc2)c2ccccc2NC1=O. The fourth-order valence-electron chi connectivity index (χ4n) is 3.04. The molecule has 1 heterocycles. The van der Waals surface area contributed by atoms with Crippen LogP contribution in [0.3, 0.4) is 0 Å². The number of urea groups is 1. The second-order valence-electron chi connectivity index (χ2n) is 6.39. The van der Waals surface area contributed by atoms with Gasteiger partial charge in [0.05, 0.1) is 11.4 Å². The number of benzodiazepines with no additional fused rings is 1. The van der Waals surface area contributed by atoms with E-state index in [0.717, 1.165) is 11.1 Å². The number of halogens is 1. The van der Waals surface area contributed by atoms with Gasteiger partial charge in [-0.2, -0.15) is 0 Å². The van der Waals surface area contributed by atoms with Crippen LogP contribution in [0.1, 0.15) is 11.1 Å². The van der Waals surface area contributed by atoms with Crippen LogP contribution in [0.15, 0.2) is 83.9 Å². The lowest BCUT2D eigenvalue weighted by atomic mass is 10.0. The lowest BCUT2D eigenvalue weighted by Crippen LogP contribution is -2.44.